The third kappa shape index (κ3) is 8.12. The molecule has 2 aromatic carbocycles. The normalized spacial score (nSPS) is 20.1. The fourth-order valence-electron chi connectivity index (χ4n) is 4.35. The van der Waals surface area contributed by atoms with Crippen molar-refractivity contribution >= 4 is 21.6 Å². The smallest absolute Gasteiger partial charge is 0.269 e. The second-order valence-electron chi connectivity index (χ2n) is 9.34. The number of nitro benzene ring substituents is 1. The first-order chi connectivity index (χ1) is 16.6. The molecule has 0 aromatic heterocycles. The van der Waals surface area contributed by atoms with Crippen molar-refractivity contribution in [2.24, 2.45) is 11.8 Å². The molecule has 1 amide bonds. The molecule has 0 spiro atoms. The maximum atomic E-state index is 13.1. The van der Waals surface area contributed by atoms with E-state index in [0.29, 0.717) is 12.3 Å². The summed E-state index contributed by atoms with van der Waals surface area (Å²) in [6, 6.07) is 14.1. The summed E-state index contributed by atoms with van der Waals surface area (Å²) in [5, 5.41) is 24.5. The van der Waals surface area contributed by atoms with E-state index < -0.39 is 27.0 Å². The monoisotopic (exact) mass is 503 g/mol. The van der Waals surface area contributed by atoms with Gasteiger partial charge in [-0.25, -0.2) is 13.1 Å². The lowest BCUT2D eigenvalue weighted by molar-refractivity contribution is -0.384. The highest BCUT2D eigenvalue weighted by molar-refractivity contribution is 7.89. The van der Waals surface area contributed by atoms with E-state index in [1.807, 2.05) is 30.3 Å². The largest absolute Gasteiger partial charge is 0.392 e. The van der Waals surface area contributed by atoms with E-state index in [1.165, 1.54) is 0 Å². The van der Waals surface area contributed by atoms with E-state index >= 15 is 0 Å². The van der Waals surface area contributed by atoms with Crippen LogP contribution in [0, 0.1) is 22.0 Å². The van der Waals surface area contributed by atoms with Crippen LogP contribution in [0.15, 0.2) is 59.5 Å². The van der Waals surface area contributed by atoms with Gasteiger partial charge in [0.05, 0.1) is 15.9 Å². The molecular weight excluding hydrogens is 470 g/mol. The number of hydrogen-bond donors (Lipinski definition) is 3. The Hall–Kier alpha value is -2.82. The van der Waals surface area contributed by atoms with Gasteiger partial charge in [0.1, 0.15) is 0 Å². The zero-order valence-corrected chi connectivity index (χ0v) is 20.6. The van der Waals surface area contributed by atoms with Crippen molar-refractivity contribution < 1.29 is 23.2 Å². The molecule has 3 N–H and O–H groups in total. The number of carbonyl (C=O) groups excluding carboxylic acids is 1. The Balaban J connectivity index is 1.62. The number of rotatable bonds is 11. The van der Waals surface area contributed by atoms with Crippen LogP contribution in [0.1, 0.15) is 44.6 Å². The Morgan fingerprint density at radius 3 is 2.31 bits per heavy atom. The Morgan fingerprint density at radius 2 is 1.71 bits per heavy atom. The number of hydrogen-bond acceptors (Lipinski definition) is 6. The highest BCUT2D eigenvalue weighted by Gasteiger charge is 2.27. The lowest BCUT2D eigenvalue weighted by atomic mass is 9.86. The minimum absolute atomic E-state index is 0.0899. The van der Waals surface area contributed by atoms with Gasteiger partial charge >= 0.3 is 0 Å². The van der Waals surface area contributed by atoms with Gasteiger partial charge in [-0.05, 0) is 62.1 Å². The first kappa shape index (κ1) is 26.8. The molecule has 2 aromatic rings. The first-order valence-corrected chi connectivity index (χ1v) is 13.4. The number of non-ortho nitro benzene ring substituents is 1. The van der Waals surface area contributed by atoms with Gasteiger partial charge in [-0.1, -0.05) is 37.3 Å². The molecule has 0 bridgehead atoms. The molecule has 35 heavy (non-hydrogen) atoms. The van der Waals surface area contributed by atoms with Crippen LogP contribution < -0.4 is 10.0 Å². The Morgan fingerprint density at radius 1 is 1.09 bits per heavy atom. The maximum Gasteiger partial charge on any atom is 0.269 e. The number of benzene rings is 2. The second kappa shape index (κ2) is 12.2. The van der Waals surface area contributed by atoms with Gasteiger partial charge in [0.2, 0.25) is 15.9 Å². The summed E-state index contributed by atoms with van der Waals surface area (Å²) in [5.74, 6) is 0.00942. The van der Waals surface area contributed by atoms with Crippen molar-refractivity contribution in [3.05, 3.63) is 70.3 Å². The average molecular weight is 504 g/mol. The summed E-state index contributed by atoms with van der Waals surface area (Å²) in [6.45, 7) is 1.93. The van der Waals surface area contributed by atoms with E-state index in [1.54, 1.807) is 0 Å². The number of nitrogens with one attached hydrogen (secondary N) is 2. The number of nitro groups is 1. The van der Waals surface area contributed by atoms with E-state index in [9.17, 15) is 28.4 Å². The molecule has 1 saturated carbocycles. The van der Waals surface area contributed by atoms with Gasteiger partial charge < -0.3 is 10.4 Å². The summed E-state index contributed by atoms with van der Waals surface area (Å²) in [6.07, 6.45) is 3.44. The quantitative estimate of drug-likeness (QED) is 0.318. The molecule has 3 rings (SSSR count). The van der Waals surface area contributed by atoms with Gasteiger partial charge in [0.15, 0.2) is 0 Å². The molecule has 0 heterocycles. The van der Waals surface area contributed by atoms with Gasteiger partial charge in [-0.3, -0.25) is 14.9 Å². The first-order valence-electron chi connectivity index (χ1n) is 11.9. The van der Waals surface area contributed by atoms with Crippen LogP contribution >= 0.6 is 0 Å². The molecular formula is C25H33N3O6S. The second-order valence-corrected chi connectivity index (χ2v) is 11.1. The van der Waals surface area contributed by atoms with Crippen LogP contribution in [0.2, 0.25) is 0 Å². The zero-order chi connectivity index (χ0) is 25.4. The summed E-state index contributed by atoms with van der Waals surface area (Å²) in [5.41, 5.74) is 0.745. The molecule has 0 unspecified atom stereocenters. The predicted octanol–water partition coefficient (Wildman–Crippen LogP) is 3.18. The number of carbonyl (C=O) groups is 1. The van der Waals surface area contributed by atoms with Crippen molar-refractivity contribution in [1.29, 1.82) is 0 Å². The van der Waals surface area contributed by atoms with Crippen LogP contribution in [-0.4, -0.2) is 43.0 Å². The summed E-state index contributed by atoms with van der Waals surface area (Å²) >= 11 is 0. The maximum absolute atomic E-state index is 13.1. The molecule has 1 fully saturated rings. The van der Waals surface area contributed by atoms with Crippen LogP contribution in [0.5, 0.6) is 0 Å². The van der Waals surface area contributed by atoms with E-state index in [0.717, 1.165) is 55.5 Å². The van der Waals surface area contributed by atoms with Gasteiger partial charge in [-0.15, -0.1) is 0 Å². The number of aliphatic hydroxyl groups excluding tert-OH is 1. The molecule has 0 radical (unpaired) electrons. The van der Waals surface area contributed by atoms with Gasteiger partial charge in [-0.2, -0.15) is 0 Å². The molecule has 190 valence electrons. The zero-order valence-electron chi connectivity index (χ0n) is 19.8. The van der Waals surface area contributed by atoms with Gasteiger partial charge in [0.25, 0.3) is 5.69 Å². The standard InChI is InChI=1S/C25H33N3O6S/c1-18-7-9-21(10-8-18)27-25(30)20(15-19-5-3-2-4-6-19)16-23(29)17-26-35(33,34)24-13-11-22(12-14-24)28(31)32/h2-6,11-14,18,20-21,23,26,29H,7-10,15-17H2,1H3,(H,27,30)/t18?,20-,21?,23-/m0/s1. The topological polar surface area (TPSA) is 139 Å². The van der Waals surface area contributed by atoms with Gasteiger partial charge in [0, 0.05) is 30.6 Å². The summed E-state index contributed by atoms with van der Waals surface area (Å²) < 4.78 is 27.4. The molecule has 2 atom stereocenters. The van der Waals surface area contributed by atoms with Crippen LogP contribution in [0.3, 0.4) is 0 Å². The molecule has 0 aliphatic heterocycles. The summed E-state index contributed by atoms with van der Waals surface area (Å²) in [4.78, 5) is 23.2. The van der Waals surface area contributed by atoms with Crippen molar-refractivity contribution in [2.75, 3.05) is 6.54 Å². The van der Waals surface area contributed by atoms with E-state index in [2.05, 4.69) is 17.0 Å². The van der Waals surface area contributed by atoms with Crippen molar-refractivity contribution in [1.82, 2.24) is 10.0 Å². The SMILES string of the molecule is CC1CCC(NC(=O)[C@@H](Cc2ccccc2)C[C@H](O)CNS(=O)(=O)c2ccc([N+](=O)[O-])cc2)CC1. The Labute approximate surface area is 206 Å². The fraction of sp³-hybridized carbons (Fsp3) is 0.480. The van der Waals surface area contributed by atoms with Crippen molar-refractivity contribution in [2.45, 2.75) is 62.5 Å². The lowest BCUT2D eigenvalue weighted by Gasteiger charge is -2.29. The highest BCUT2D eigenvalue weighted by Crippen LogP contribution is 2.24. The van der Waals surface area contributed by atoms with Crippen LogP contribution in [0.25, 0.3) is 0 Å². The number of nitrogens with zero attached hydrogens (tertiary/aromatic N) is 1. The molecule has 0 saturated heterocycles. The third-order valence-corrected chi connectivity index (χ3v) is 7.92. The fourth-order valence-corrected chi connectivity index (χ4v) is 5.43. The number of aliphatic hydroxyl groups is 1. The van der Waals surface area contributed by atoms with E-state index in [-0.39, 0.29) is 35.5 Å². The predicted molar refractivity (Wildman–Crippen MR) is 132 cm³/mol. The third-order valence-electron chi connectivity index (χ3n) is 6.48. The Bertz CT molecular complexity index is 1080. The molecule has 9 nitrogen and oxygen atoms in total. The Kier molecular flexibility index (Phi) is 9.36. The number of amides is 1. The number of sulfonamides is 1. The minimum Gasteiger partial charge on any atom is -0.392 e. The lowest BCUT2D eigenvalue weighted by Crippen LogP contribution is -2.43. The molecule has 1 aliphatic rings. The van der Waals surface area contributed by atoms with Crippen LogP contribution in [-0.2, 0) is 21.2 Å². The van der Waals surface area contributed by atoms with E-state index in [4.69, 9.17) is 0 Å². The highest BCUT2D eigenvalue weighted by atomic mass is 32.2. The molecule has 1 aliphatic carbocycles. The minimum atomic E-state index is -3.97. The average Bonchev–Trinajstić information content (AvgIpc) is 2.84. The summed E-state index contributed by atoms with van der Waals surface area (Å²) in [7, 11) is -3.97. The van der Waals surface area contributed by atoms with Crippen LogP contribution in [0.4, 0.5) is 5.69 Å². The molecule has 10 heteroatoms. The van der Waals surface area contributed by atoms with Crippen molar-refractivity contribution in [3.63, 3.8) is 0 Å². The van der Waals surface area contributed by atoms with Crippen molar-refractivity contribution in [3.8, 4) is 0 Å².